The number of carbonyl (C=O) groups is 2. The summed E-state index contributed by atoms with van der Waals surface area (Å²) in [6.45, 7) is 1.57. The van der Waals surface area contributed by atoms with Gasteiger partial charge in [-0.25, -0.2) is 4.79 Å². The van der Waals surface area contributed by atoms with Crippen molar-refractivity contribution in [1.29, 1.82) is 0 Å². The third-order valence-electron chi connectivity index (χ3n) is 5.66. The molecule has 3 atom stereocenters. The lowest BCUT2D eigenvalue weighted by molar-refractivity contribution is -0.161. The molecule has 2 N–H and O–H groups in total. The molecular formula is C21H17NO5. The number of hydrogen-bond donors (Lipinski definition) is 2. The highest BCUT2D eigenvalue weighted by molar-refractivity contribution is 6.09. The largest absolute Gasteiger partial charge is 0.477 e. The molecule has 6 nitrogen and oxygen atoms in total. The van der Waals surface area contributed by atoms with E-state index in [1.807, 2.05) is 42.5 Å². The Bertz CT molecular complexity index is 1160. The van der Waals surface area contributed by atoms with Gasteiger partial charge in [0.2, 0.25) is 5.91 Å². The minimum atomic E-state index is -1.12. The van der Waals surface area contributed by atoms with Gasteiger partial charge in [0.05, 0.1) is 18.1 Å². The molecule has 3 aromatic rings. The summed E-state index contributed by atoms with van der Waals surface area (Å²) in [7, 11) is 0. The van der Waals surface area contributed by atoms with Gasteiger partial charge in [0, 0.05) is 10.8 Å². The van der Waals surface area contributed by atoms with Gasteiger partial charge in [-0.1, -0.05) is 24.3 Å². The lowest BCUT2D eigenvalue weighted by Gasteiger charge is -2.44. The summed E-state index contributed by atoms with van der Waals surface area (Å²) in [5, 5.41) is 21.5. The van der Waals surface area contributed by atoms with Gasteiger partial charge in [0.1, 0.15) is 16.9 Å². The third kappa shape index (κ3) is 2.10. The van der Waals surface area contributed by atoms with Crippen LogP contribution in [0.2, 0.25) is 0 Å². The van der Waals surface area contributed by atoms with Crippen LogP contribution in [0.15, 0.2) is 52.6 Å². The molecule has 0 bridgehead atoms. The van der Waals surface area contributed by atoms with Crippen LogP contribution in [0.1, 0.15) is 18.9 Å². The van der Waals surface area contributed by atoms with Gasteiger partial charge in [0.25, 0.3) is 0 Å². The minimum absolute atomic E-state index is 0.0223. The molecule has 136 valence electrons. The average Bonchev–Trinajstić information content (AvgIpc) is 3.16. The predicted octanol–water partition coefficient (Wildman–Crippen LogP) is 2.99. The number of carboxylic acid groups (broad SMARTS) is 1. The maximum Gasteiger partial charge on any atom is 0.352 e. The van der Waals surface area contributed by atoms with Crippen molar-refractivity contribution in [2.45, 2.75) is 25.5 Å². The number of aliphatic hydroxyl groups is 1. The normalized spacial score (nSPS) is 23.0. The molecule has 3 heterocycles. The number of para-hydroxylation sites is 1. The van der Waals surface area contributed by atoms with Gasteiger partial charge < -0.3 is 19.5 Å². The highest BCUT2D eigenvalue weighted by atomic mass is 16.4. The van der Waals surface area contributed by atoms with E-state index in [-0.39, 0.29) is 17.6 Å². The number of β-lactam (4-membered cyclic amide) rings is 1. The van der Waals surface area contributed by atoms with Gasteiger partial charge in [-0.3, -0.25) is 4.79 Å². The Kier molecular flexibility index (Phi) is 3.24. The first-order valence-corrected chi connectivity index (χ1v) is 8.86. The Morgan fingerprint density at radius 1 is 1.19 bits per heavy atom. The van der Waals surface area contributed by atoms with Crippen LogP contribution in [-0.2, 0) is 9.59 Å². The van der Waals surface area contributed by atoms with Gasteiger partial charge in [0.15, 0.2) is 0 Å². The third-order valence-corrected chi connectivity index (χ3v) is 5.66. The molecule has 1 saturated heterocycles. The lowest BCUT2D eigenvalue weighted by Crippen LogP contribution is -2.61. The second kappa shape index (κ2) is 5.44. The first-order chi connectivity index (χ1) is 13.0. The molecule has 2 aliphatic rings. The Balaban J connectivity index is 1.66. The van der Waals surface area contributed by atoms with E-state index >= 15 is 0 Å². The molecule has 1 amide bonds. The second-order valence-corrected chi connectivity index (χ2v) is 7.19. The van der Waals surface area contributed by atoms with Crippen molar-refractivity contribution in [2.24, 2.45) is 5.92 Å². The van der Waals surface area contributed by atoms with Gasteiger partial charge in [-0.15, -0.1) is 0 Å². The summed E-state index contributed by atoms with van der Waals surface area (Å²) in [6, 6.07) is 13.0. The summed E-state index contributed by atoms with van der Waals surface area (Å²) in [6.07, 6.45) is -0.377. The molecule has 0 saturated carbocycles. The summed E-state index contributed by atoms with van der Waals surface area (Å²) in [5.74, 6) is -1.99. The molecule has 0 unspecified atom stereocenters. The number of fused-ring (bicyclic) bond motifs is 4. The number of benzene rings is 2. The van der Waals surface area contributed by atoms with E-state index < -0.39 is 18.0 Å². The first kappa shape index (κ1) is 16.1. The number of nitrogens with zero attached hydrogens (tertiary/aromatic N) is 1. The van der Waals surface area contributed by atoms with Crippen LogP contribution in [0.5, 0.6) is 0 Å². The van der Waals surface area contributed by atoms with Crippen LogP contribution in [0, 0.1) is 5.92 Å². The Morgan fingerprint density at radius 2 is 1.93 bits per heavy atom. The minimum Gasteiger partial charge on any atom is -0.477 e. The Morgan fingerprint density at radius 3 is 2.67 bits per heavy atom. The average molecular weight is 363 g/mol. The van der Waals surface area contributed by atoms with E-state index in [0.29, 0.717) is 12.0 Å². The zero-order valence-electron chi connectivity index (χ0n) is 14.5. The maximum absolute atomic E-state index is 12.4. The molecule has 0 spiro atoms. The summed E-state index contributed by atoms with van der Waals surface area (Å²) in [5.41, 5.74) is 2.91. The lowest BCUT2D eigenvalue weighted by atomic mass is 9.82. The monoisotopic (exact) mass is 363 g/mol. The van der Waals surface area contributed by atoms with Gasteiger partial charge in [-0.05, 0) is 42.7 Å². The quantitative estimate of drug-likeness (QED) is 0.698. The fraction of sp³-hybridized carbons (Fsp3) is 0.238. The Hall–Kier alpha value is -3.12. The molecular weight excluding hydrogens is 346 g/mol. The number of aliphatic carboxylic acids is 1. The standard InChI is InChI=1S/C21H17NO5/c1-10(23)18-15-9-13(19(21(25)26)22(15)20(18)24)11-6-7-17-14(8-11)12-4-2-3-5-16(12)27-17/h2-8,10,15,18,23H,9H2,1H3,(H,25,26)/t10-,15-,18-/m1/s1. The van der Waals surface area contributed by atoms with Crippen LogP contribution in [-0.4, -0.2) is 39.1 Å². The number of hydrogen-bond acceptors (Lipinski definition) is 4. The van der Waals surface area contributed by atoms with Crippen LogP contribution >= 0.6 is 0 Å². The fourth-order valence-corrected chi connectivity index (χ4v) is 4.44. The van der Waals surface area contributed by atoms with Crippen molar-refractivity contribution in [1.82, 2.24) is 4.90 Å². The molecule has 5 rings (SSSR count). The van der Waals surface area contributed by atoms with Crippen molar-refractivity contribution < 1.29 is 24.2 Å². The molecule has 1 aromatic heterocycles. The smallest absolute Gasteiger partial charge is 0.352 e. The van der Waals surface area contributed by atoms with E-state index in [1.165, 1.54) is 4.90 Å². The molecule has 2 aromatic carbocycles. The SMILES string of the molecule is C[C@@H](O)[C@H]1C(=O)N2C(C(=O)O)=C(c3ccc4oc5ccccc5c4c3)C[C@H]12. The molecule has 0 aliphatic carbocycles. The first-order valence-electron chi connectivity index (χ1n) is 8.86. The zero-order valence-corrected chi connectivity index (χ0v) is 14.5. The summed E-state index contributed by atoms with van der Waals surface area (Å²) in [4.78, 5) is 25.6. The van der Waals surface area contributed by atoms with Gasteiger partial charge >= 0.3 is 5.97 Å². The van der Waals surface area contributed by atoms with E-state index in [4.69, 9.17) is 4.42 Å². The number of carboxylic acids is 1. The van der Waals surface area contributed by atoms with E-state index in [1.54, 1.807) is 6.92 Å². The summed E-state index contributed by atoms with van der Waals surface area (Å²) < 4.78 is 5.83. The summed E-state index contributed by atoms with van der Waals surface area (Å²) >= 11 is 0. The highest BCUT2D eigenvalue weighted by Gasteiger charge is 2.56. The fourth-order valence-electron chi connectivity index (χ4n) is 4.44. The van der Waals surface area contributed by atoms with Crippen LogP contribution in [0.3, 0.4) is 0 Å². The number of amides is 1. The van der Waals surface area contributed by atoms with Crippen molar-refractivity contribution in [3.05, 3.63) is 53.7 Å². The molecule has 1 fully saturated rings. The molecule has 6 heteroatoms. The zero-order chi connectivity index (χ0) is 18.9. The molecule has 2 aliphatic heterocycles. The van der Waals surface area contributed by atoms with Crippen molar-refractivity contribution in [2.75, 3.05) is 0 Å². The highest BCUT2D eigenvalue weighted by Crippen LogP contribution is 2.47. The van der Waals surface area contributed by atoms with E-state index in [2.05, 4.69) is 0 Å². The number of carbonyl (C=O) groups excluding carboxylic acids is 1. The number of furan rings is 1. The number of rotatable bonds is 3. The number of aliphatic hydroxyl groups excluding tert-OH is 1. The maximum atomic E-state index is 12.4. The predicted molar refractivity (Wildman–Crippen MR) is 98.7 cm³/mol. The van der Waals surface area contributed by atoms with Crippen LogP contribution in [0.25, 0.3) is 27.5 Å². The van der Waals surface area contributed by atoms with Crippen molar-refractivity contribution >= 4 is 39.4 Å². The van der Waals surface area contributed by atoms with Crippen LogP contribution in [0.4, 0.5) is 0 Å². The van der Waals surface area contributed by atoms with E-state index in [0.717, 1.165) is 27.5 Å². The molecule has 27 heavy (non-hydrogen) atoms. The molecule has 0 radical (unpaired) electrons. The van der Waals surface area contributed by atoms with Crippen molar-refractivity contribution in [3.63, 3.8) is 0 Å². The Labute approximate surface area is 154 Å². The second-order valence-electron chi connectivity index (χ2n) is 7.19. The van der Waals surface area contributed by atoms with Gasteiger partial charge in [-0.2, -0.15) is 0 Å². The topological polar surface area (TPSA) is 91.0 Å². The van der Waals surface area contributed by atoms with E-state index in [9.17, 15) is 19.8 Å². The van der Waals surface area contributed by atoms with Crippen LogP contribution < -0.4 is 0 Å². The van der Waals surface area contributed by atoms with Crippen molar-refractivity contribution in [3.8, 4) is 0 Å².